The number of carbonyl (C=O) groups is 3. The van der Waals surface area contributed by atoms with Crippen LogP contribution in [0, 0.1) is 18.8 Å². The first-order valence-electron chi connectivity index (χ1n) is 12.3. The van der Waals surface area contributed by atoms with Crippen LogP contribution in [0.1, 0.15) is 44.1 Å². The number of aryl methyl sites for hydroxylation is 1. The molecule has 2 N–H and O–H groups in total. The van der Waals surface area contributed by atoms with E-state index in [0.29, 0.717) is 42.9 Å². The molecule has 2 unspecified atom stereocenters. The fraction of sp³-hybridized carbons (Fsp3) is 0.577. The molecule has 1 aromatic rings. The summed E-state index contributed by atoms with van der Waals surface area (Å²) in [5, 5.41) is 19.3. The number of benzene rings is 1. The average molecular weight is 521 g/mol. The van der Waals surface area contributed by atoms with E-state index in [1.807, 2.05) is 19.1 Å². The third-order valence-electron chi connectivity index (χ3n) is 7.66. The van der Waals surface area contributed by atoms with Crippen molar-refractivity contribution in [3.8, 4) is 0 Å². The van der Waals surface area contributed by atoms with Crippen molar-refractivity contribution in [2.45, 2.75) is 61.5 Å². The first kappa shape index (κ1) is 26.0. The summed E-state index contributed by atoms with van der Waals surface area (Å²) in [5.41, 5.74) is 1.44. The maximum Gasteiger partial charge on any atom is 0.308 e. The van der Waals surface area contributed by atoms with Gasteiger partial charge in [0.2, 0.25) is 5.91 Å². The second kappa shape index (κ2) is 10.5. The van der Waals surface area contributed by atoms with Crippen molar-refractivity contribution in [2.24, 2.45) is 11.8 Å². The van der Waals surface area contributed by atoms with E-state index < -0.39 is 28.6 Å². The van der Waals surface area contributed by atoms with E-state index in [9.17, 15) is 19.5 Å². The van der Waals surface area contributed by atoms with Gasteiger partial charge >= 0.3 is 5.97 Å². The number of hydrogen-bond donors (Lipinski definition) is 2. The molecular weight excluding hydrogens is 488 g/mol. The molecule has 0 saturated carbocycles. The van der Waals surface area contributed by atoms with Gasteiger partial charge in [-0.1, -0.05) is 42.7 Å². The third-order valence-corrected chi connectivity index (χ3v) is 9.92. The molecule has 1 spiro atoms. The number of amides is 2. The van der Waals surface area contributed by atoms with Gasteiger partial charge in [-0.3, -0.25) is 14.4 Å². The molecule has 7 nitrogen and oxygen atoms in total. The van der Waals surface area contributed by atoms with E-state index in [0.717, 1.165) is 18.4 Å². The van der Waals surface area contributed by atoms with E-state index in [1.165, 1.54) is 11.8 Å². The SMILES string of the molecule is C=CCN(C(=O)C1N(CCCCCCO)C(=O)[C@@H]2[C@@H](C(=O)O)[C@H]3CCC12S3)c1c(C)cccc1Cl. The highest BCUT2D eigenvalue weighted by Gasteiger charge is 2.74. The van der Waals surface area contributed by atoms with Gasteiger partial charge in [-0.2, -0.15) is 0 Å². The van der Waals surface area contributed by atoms with Crippen molar-refractivity contribution < 1.29 is 24.6 Å². The van der Waals surface area contributed by atoms with Gasteiger partial charge in [0.1, 0.15) is 6.04 Å². The summed E-state index contributed by atoms with van der Waals surface area (Å²) in [6, 6.07) is 4.70. The Morgan fingerprint density at radius 3 is 2.71 bits per heavy atom. The van der Waals surface area contributed by atoms with E-state index >= 15 is 0 Å². The van der Waals surface area contributed by atoms with Crippen LogP contribution in [0.5, 0.6) is 0 Å². The van der Waals surface area contributed by atoms with Crippen molar-refractivity contribution in [1.82, 2.24) is 4.90 Å². The normalized spacial score (nSPS) is 28.9. The Balaban J connectivity index is 1.73. The monoisotopic (exact) mass is 520 g/mol. The molecule has 5 atom stereocenters. The number of likely N-dealkylation sites (tertiary alicyclic amines) is 1. The molecule has 0 aromatic heterocycles. The molecule has 3 fully saturated rings. The van der Waals surface area contributed by atoms with E-state index in [-0.39, 0.29) is 30.2 Å². The first-order valence-corrected chi connectivity index (χ1v) is 13.5. The molecule has 1 aromatic carbocycles. The number of anilines is 1. The number of unbranched alkanes of at least 4 members (excludes halogenated alkanes) is 3. The fourth-order valence-corrected chi connectivity index (χ4v) is 8.77. The van der Waals surface area contributed by atoms with E-state index in [2.05, 4.69) is 6.58 Å². The lowest BCUT2D eigenvalue weighted by Crippen LogP contribution is -2.55. The number of fused-ring (bicyclic) bond motifs is 1. The highest BCUT2D eigenvalue weighted by Crippen LogP contribution is 2.66. The first-order chi connectivity index (χ1) is 16.8. The van der Waals surface area contributed by atoms with E-state index in [4.69, 9.17) is 16.7 Å². The van der Waals surface area contributed by atoms with Crippen molar-refractivity contribution in [3.63, 3.8) is 0 Å². The van der Waals surface area contributed by atoms with Crippen molar-refractivity contribution in [3.05, 3.63) is 41.4 Å². The summed E-state index contributed by atoms with van der Waals surface area (Å²) in [7, 11) is 0. The van der Waals surface area contributed by atoms with Crippen LogP contribution in [0.4, 0.5) is 5.69 Å². The highest BCUT2D eigenvalue weighted by molar-refractivity contribution is 8.02. The van der Waals surface area contributed by atoms with Gasteiger partial charge in [0.05, 0.1) is 27.3 Å². The minimum Gasteiger partial charge on any atom is -0.481 e. The molecule has 35 heavy (non-hydrogen) atoms. The number of carbonyl (C=O) groups excluding carboxylic acids is 2. The molecule has 190 valence electrons. The Hall–Kier alpha value is -2.03. The molecule has 0 aliphatic carbocycles. The number of aliphatic carboxylic acids is 1. The molecule has 4 rings (SSSR count). The zero-order valence-corrected chi connectivity index (χ0v) is 21.6. The van der Waals surface area contributed by atoms with Crippen LogP contribution in [0.25, 0.3) is 0 Å². The minimum absolute atomic E-state index is 0.126. The van der Waals surface area contributed by atoms with Crippen molar-refractivity contribution >= 4 is 46.8 Å². The van der Waals surface area contributed by atoms with Crippen LogP contribution < -0.4 is 4.90 Å². The van der Waals surface area contributed by atoms with Gasteiger partial charge in [-0.25, -0.2) is 0 Å². The molecule has 3 saturated heterocycles. The topological polar surface area (TPSA) is 98.2 Å². The number of rotatable bonds is 11. The molecule has 2 bridgehead atoms. The smallest absolute Gasteiger partial charge is 0.308 e. The molecule has 3 aliphatic heterocycles. The summed E-state index contributed by atoms with van der Waals surface area (Å²) >= 11 is 8.08. The molecule has 3 heterocycles. The number of thioether (sulfide) groups is 1. The zero-order chi connectivity index (χ0) is 25.3. The highest BCUT2D eigenvalue weighted by atomic mass is 35.5. The Morgan fingerprint density at radius 1 is 1.31 bits per heavy atom. The lowest BCUT2D eigenvalue weighted by Gasteiger charge is -2.37. The van der Waals surface area contributed by atoms with Crippen LogP contribution in [0.3, 0.4) is 0 Å². The maximum atomic E-state index is 14.4. The molecular formula is C26H33ClN2O5S. The Morgan fingerprint density at radius 2 is 2.06 bits per heavy atom. The molecule has 2 amide bonds. The average Bonchev–Trinajstić information content (AvgIpc) is 3.45. The van der Waals surface area contributed by atoms with Gasteiger partial charge in [0.15, 0.2) is 0 Å². The number of nitrogens with zero attached hydrogens (tertiary/aromatic N) is 2. The number of halogens is 1. The molecule has 9 heteroatoms. The number of hydrogen-bond acceptors (Lipinski definition) is 5. The van der Waals surface area contributed by atoms with Crippen LogP contribution in [-0.2, 0) is 14.4 Å². The lowest BCUT2D eigenvalue weighted by atomic mass is 9.71. The lowest BCUT2D eigenvalue weighted by molar-refractivity contribution is -0.148. The Labute approximate surface area is 215 Å². The summed E-state index contributed by atoms with van der Waals surface area (Å²) in [6.45, 7) is 6.47. The third kappa shape index (κ3) is 4.38. The van der Waals surface area contributed by atoms with Gasteiger partial charge in [0, 0.05) is 24.9 Å². The minimum atomic E-state index is -0.955. The van der Waals surface area contributed by atoms with Crippen LogP contribution >= 0.6 is 23.4 Å². The number of para-hydroxylation sites is 1. The number of carboxylic acids is 1. The Bertz CT molecular complexity index is 999. The summed E-state index contributed by atoms with van der Waals surface area (Å²) in [4.78, 5) is 43.6. The summed E-state index contributed by atoms with van der Waals surface area (Å²) in [6.07, 6.45) is 6.01. The van der Waals surface area contributed by atoms with Crippen LogP contribution in [0.2, 0.25) is 5.02 Å². The fourth-order valence-electron chi connectivity index (χ4n) is 6.24. The van der Waals surface area contributed by atoms with Crippen LogP contribution in [0.15, 0.2) is 30.9 Å². The number of aliphatic hydroxyl groups is 1. The molecule has 0 radical (unpaired) electrons. The van der Waals surface area contributed by atoms with Gasteiger partial charge in [0.25, 0.3) is 5.91 Å². The predicted octanol–water partition coefficient (Wildman–Crippen LogP) is 3.90. The van der Waals surface area contributed by atoms with Crippen LogP contribution in [-0.4, -0.2) is 68.6 Å². The largest absolute Gasteiger partial charge is 0.481 e. The second-order valence-corrected chi connectivity index (χ2v) is 11.7. The number of aliphatic hydroxyl groups excluding tert-OH is 1. The summed E-state index contributed by atoms with van der Waals surface area (Å²) in [5.74, 6) is -2.88. The number of carboxylic acid groups (broad SMARTS) is 1. The van der Waals surface area contributed by atoms with Gasteiger partial charge in [-0.15, -0.1) is 18.3 Å². The second-order valence-electron chi connectivity index (χ2n) is 9.71. The Kier molecular flexibility index (Phi) is 7.83. The summed E-state index contributed by atoms with van der Waals surface area (Å²) < 4.78 is -0.748. The quantitative estimate of drug-likeness (QED) is 0.339. The van der Waals surface area contributed by atoms with Gasteiger partial charge < -0.3 is 20.0 Å². The zero-order valence-electron chi connectivity index (χ0n) is 20.0. The van der Waals surface area contributed by atoms with Gasteiger partial charge in [-0.05, 0) is 44.2 Å². The molecule has 3 aliphatic rings. The maximum absolute atomic E-state index is 14.4. The van der Waals surface area contributed by atoms with E-state index in [1.54, 1.807) is 21.9 Å². The predicted molar refractivity (Wildman–Crippen MR) is 138 cm³/mol. The standard InChI is InChI=1S/C26H33ClN2O5S/c1-3-13-28(21-16(2)9-8-10-17(21)27)24(32)22-26-12-11-18(35-26)19(25(33)34)20(26)23(31)29(22)14-6-4-5-7-15-30/h3,8-10,18-20,22,30H,1,4-7,11-15H2,2H3,(H,33,34)/t18-,19+,20+,22?,26?/m1/s1. The van der Waals surface area contributed by atoms with Crippen molar-refractivity contribution in [2.75, 3.05) is 24.6 Å². The van der Waals surface area contributed by atoms with Crippen molar-refractivity contribution in [1.29, 1.82) is 0 Å².